The molecule has 0 amide bonds. The molecule has 0 saturated carbocycles. The molecule has 0 spiro atoms. The predicted molar refractivity (Wildman–Crippen MR) is 84.4 cm³/mol. The van der Waals surface area contributed by atoms with Crippen LogP contribution in [0.5, 0.6) is 0 Å². The number of aryl methyl sites for hydroxylation is 2. The SMILES string of the molecule is Cn1cc(Cn2cc(-c3cccc4c3CCCC4)nn2)cn1. The van der Waals surface area contributed by atoms with Crippen molar-refractivity contribution in [1.82, 2.24) is 24.8 Å². The average Bonchev–Trinajstić information content (AvgIpc) is 3.16. The van der Waals surface area contributed by atoms with Crippen LogP contribution in [-0.2, 0) is 26.4 Å². The van der Waals surface area contributed by atoms with Gasteiger partial charge in [0.2, 0.25) is 0 Å². The van der Waals surface area contributed by atoms with Crippen LogP contribution in [0, 0.1) is 0 Å². The van der Waals surface area contributed by atoms with Gasteiger partial charge in [-0.25, -0.2) is 4.68 Å². The van der Waals surface area contributed by atoms with Gasteiger partial charge in [-0.1, -0.05) is 23.4 Å². The van der Waals surface area contributed by atoms with Crippen molar-refractivity contribution in [3.63, 3.8) is 0 Å². The van der Waals surface area contributed by atoms with Gasteiger partial charge in [-0.2, -0.15) is 5.10 Å². The Morgan fingerprint density at radius 1 is 1.14 bits per heavy atom. The molecule has 2 heterocycles. The molecule has 22 heavy (non-hydrogen) atoms. The van der Waals surface area contributed by atoms with Crippen LogP contribution in [0.1, 0.15) is 29.5 Å². The normalized spacial score (nSPS) is 14.0. The molecule has 4 rings (SSSR count). The Morgan fingerprint density at radius 2 is 2.05 bits per heavy atom. The molecule has 3 aromatic rings. The lowest BCUT2D eigenvalue weighted by Gasteiger charge is -2.18. The fourth-order valence-electron chi connectivity index (χ4n) is 3.26. The monoisotopic (exact) mass is 293 g/mol. The molecular formula is C17H19N5. The molecule has 1 aromatic carbocycles. The van der Waals surface area contributed by atoms with Crippen molar-refractivity contribution in [1.29, 1.82) is 0 Å². The Bertz CT molecular complexity index is 799. The van der Waals surface area contributed by atoms with E-state index in [-0.39, 0.29) is 0 Å². The highest BCUT2D eigenvalue weighted by Crippen LogP contribution is 2.30. The minimum absolute atomic E-state index is 0.704. The summed E-state index contributed by atoms with van der Waals surface area (Å²) in [6.07, 6.45) is 10.8. The van der Waals surface area contributed by atoms with Gasteiger partial charge in [-0.05, 0) is 36.8 Å². The Hall–Kier alpha value is -2.43. The molecule has 0 aliphatic heterocycles. The van der Waals surface area contributed by atoms with E-state index in [9.17, 15) is 0 Å². The molecule has 5 heteroatoms. The van der Waals surface area contributed by atoms with Crippen LogP contribution < -0.4 is 0 Å². The molecule has 2 aromatic heterocycles. The number of benzene rings is 1. The summed E-state index contributed by atoms with van der Waals surface area (Å²) in [5.41, 5.74) is 6.29. The zero-order valence-corrected chi connectivity index (χ0v) is 12.7. The van der Waals surface area contributed by atoms with Gasteiger partial charge in [0.05, 0.1) is 18.9 Å². The topological polar surface area (TPSA) is 48.5 Å². The van der Waals surface area contributed by atoms with Crippen molar-refractivity contribution in [3.8, 4) is 11.3 Å². The fraction of sp³-hybridized carbons (Fsp3) is 0.353. The summed E-state index contributed by atoms with van der Waals surface area (Å²) in [5, 5.41) is 12.8. The highest BCUT2D eigenvalue weighted by atomic mass is 15.4. The molecule has 0 atom stereocenters. The molecule has 1 aliphatic carbocycles. The van der Waals surface area contributed by atoms with Crippen molar-refractivity contribution < 1.29 is 0 Å². The van der Waals surface area contributed by atoms with E-state index in [1.165, 1.54) is 36.0 Å². The third-order valence-electron chi connectivity index (χ3n) is 4.31. The molecule has 5 nitrogen and oxygen atoms in total. The first-order valence-electron chi connectivity index (χ1n) is 7.78. The van der Waals surface area contributed by atoms with Crippen LogP contribution in [-0.4, -0.2) is 24.8 Å². The van der Waals surface area contributed by atoms with Gasteiger partial charge in [0, 0.05) is 24.4 Å². The fourth-order valence-corrected chi connectivity index (χ4v) is 3.26. The first kappa shape index (κ1) is 13.2. The maximum atomic E-state index is 4.38. The Morgan fingerprint density at radius 3 is 2.91 bits per heavy atom. The number of rotatable bonds is 3. The standard InChI is InChI=1S/C17H19N5/c1-21-10-13(9-18-21)11-22-12-17(19-20-22)16-8-4-6-14-5-2-3-7-15(14)16/h4,6,8-10,12H,2-3,5,7,11H2,1H3. The van der Waals surface area contributed by atoms with Crippen molar-refractivity contribution in [3.05, 3.63) is 53.5 Å². The van der Waals surface area contributed by atoms with Gasteiger partial charge in [-0.15, -0.1) is 5.10 Å². The minimum atomic E-state index is 0.704. The smallest absolute Gasteiger partial charge is 0.113 e. The van der Waals surface area contributed by atoms with Crippen LogP contribution >= 0.6 is 0 Å². The predicted octanol–water partition coefficient (Wildman–Crippen LogP) is 2.61. The maximum absolute atomic E-state index is 4.38. The number of nitrogens with zero attached hydrogens (tertiary/aromatic N) is 5. The second kappa shape index (κ2) is 5.40. The third-order valence-corrected chi connectivity index (χ3v) is 4.31. The summed E-state index contributed by atoms with van der Waals surface area (Å²) in [6, 6.07) is 6.56. The van der Waals surface area contributed by atoms with E-state index in [0.29, 0.717) is 6.54 Å². The first-order chi connectivity index (χ1) is 10.8. The van der Waals surface area contributed by atoms with E-state index < -0.39 is 0 Å². The van der Waals surface area contributed by atoms with Gasteiger partial charge >= 0.3 is 0 Å². The second-order valence-electron chi connectivity index (χ2n) is 5.97. The Balaban J connectivity index is 1.64. The van der Waals surface area contributed by atoms with Gasteiger partial charge < -0.3 is 0 Å². The summed E-state index contributed by atoms with van der Waals surface area (Å²) in [7, 11) is 1.92. The zero-order chi connectivity index (χ0) is 14.9. The van der Waals surface area contributed by atoms with Gasteiger partial charge in [0.15, 0.2) is 0 Å². The van der Waals surface area contributed by atoms with Gasteiger partial charge in [0.1, 0.15) is 5.69 Å². The lowest BCUT2D eigenvalue weighted by Crippen LogP contribution is -2.04. The highest BCUT2D eigenvalue weighted by molar-refractivity contribution is 5.65. The van der Waals surface area contributed by atoms with E-state index in [0.717, 1.165) is 17.7 Å². The molecular weight excluding hydrogens is 274 g/mol. The van der Waals surface area contributed by atoms with Crippen LogP contribution in [0.15, 0.2) is 36.8 Å². The summed E-state index contributed by atoms with van der Waals surface area (Å²) < 4.78 is 3.69. The largest absolute Gasteiger partial charge is 0.275 e. The minimum Gasteiger partial charge on any atom is -0.275 e. The van der Waals surface area contributed by atoms with Gasteiger partial charge in [0.25, 0.3) is 0 Å². The lowest BCUT2D eigenvalue weighted by molar-refractivity contribution is 0.649. The molecule has 0 N–H and O–H groups in total. The first-order valence-corrected chi connectivity index (χ1v) is 7.78. The summed E-state index contributed by atoms with van der Waals surface area (Å²) in [5.74, 6) is 0. The molecule has 0 saturated heterocycles. The van der Waals surface area contributed by atoms with Crippen LogP contribution in [0.25, 0.3) is 11.3 Å². The van der Waals surface area contributed by atoms with E-state index in [4.69, 9.17) is 0 Å². The van der Waals surface area contributed by atoms with Crippen molar-refractivity contribution in [2.45, 2.75) is 32.2 Å². The number of hydrogen-bond acceptors (Lipinski definition) is 3. The molecule has 0 fully saturated rings. The Kier molecular flexibility index (Phi) is 3.25. The molecule has 0 bridgehead atoms. The van der Waals surface area contributed by atoms with Crippen molar-refractivity contribution >= 4 is 0 Å². The van der Waals surface area contributed by atoms with Crippen LogP contribution in [0.3, 0.4) is 0 Å². The van der Waals surface area contributed by atoms with Crippen molar-refractivity contribution in [2.24, 2.45) is 7.05 Å². The van der Waals surface area contributed by atoms with E-state index >= 15 is 0 Å². The zero-order valence-electron chi connectivity index (χ0n) is 12.7. The van der Waals surface area contributed by atoms with Crippen molar-refractivity contribution in [2.75, 3.05) is 0 Å². The quantitative estimate of drug-likeness (QED) is 0.746. The highest BCUT2D eigenvalue weighted by Gasteiger charge is 2.16. The molecule has 0 radical (unpaired) electrons. The van der Waals surface area contributed by atoms with Gasteiger partial charge in [-0.3, -0.25) is 4.68 Å². The summed E-state index contributed by atoms with van der Waals surface area (Å²) >= 11 is 0. The third kappa shape index (κ3) is 2.43. The molecule has 112 valence electrons. The number of fused-ring (bicyclic) bond motifs is 1. The van der Waals surface area contributed by atoms with E-state index in [1.807, 2.05) is 30.3 Å². The number of hydrogen-bond donors (Lipinski definition) is 0. The molecule has 0 unspecified atom stereocenters. The maximum Gasteiger partial charge on any atom is 0.113 e. The Labute approximate surface area is 129 Å². The van der Waals surface area contributed by atoms with Crippen LogP contribution in [0.2, 0.25) is 0 Å². The molecule has 1 aliphatic rings. The van der Waals surface area contributed by atoms with E-state index in [1.54, 1.807) is 4.68 Å². The van der Waals surface area contributed by atoms with Crippen LogP contribution in [0.4, 0.5) is 0 Å². The van der Waals surface area contributed by atoms with E-state index in [2.05, 4.69) is 33.6 Å². The lowest BCUT2D eigenvalue weighted by atomic mass is 9.87. The number of aromatic nitrogens is 5. The summed E-state index contributed by atoms with van der Waals surface area (Å²) in [4.78, 5) is 0. The average molecular weight is 293 g/mol. The second-order valence-corrected chi connectivity index (χ2v) is 5.97. The summed E-state index contributed by atoms with van der Waals surface area (Å²) in [6.45, 7) is 0.704.